The van der Waals surface area contributed by atoms with Crippen LogP contribution in [0.4, 0.5) is 11.4 Å². The van der Waals surface area contributed by atoms with Gasteiger partial charge in [0, 0.05) is 22.0 Å². The molecule has 5 aromatic carbocycles. The molecule has 0 saturated carbocycles. The lowest BCUT2D eigenvalue weighted by atomic mass is 9.72. The molecule has 0 heterocycles. The zero-order chi connectivity index (χ0) is 40.9. The van der Waals surface area contributed by atoms with Gasteiger partial charge in [0.15, 0.2) is 0 Å². The molecule has 0 aliphatic rings. The summed E-state index contributed by atoms with van der Waals surface area (Å²) in [6.07, 6.45) is 0. The van der Waals surface area contributed by atoms with E-state index in [1.165, 1.54) is 39.8 Å². The van der Waals surface area contributed by atoms with E-state index in [1.807, 2.05) is 143 Å². The average molecular weight is 810 g/mol. The molecule has 5 aromatic rings. The number of aliphatic hydroxyl groups is 2. The van der Waals surface area contributed by atoms with Crippen LogP contribution >= 0.6 is 30.1 Å². The van der Waals surface area contributed by atoms with Gasteiger partial charge >= 0.3 is 11.4 Å². The van der Waals surface area contributed by atoms with Crippen molar-refractivity contribution >= 4 is 52.9 Å². The molecule has 0 aliphatic heterocycles. The molecule has 0 radical (unpaired) electrons. The third kappa shape index (κ3) is 13.2. The average Bonchev–Trinajstić information content (AvgIpc) is 3.12. The molecule has 2 N–H and O–H groups in total. The molecule has 0 unspecified atom stereocenters. The Hall–Kier alpha value is -3.78. The van der Waals surface area contributed by atoms with E-state index in [1.54, 1.807) is 6.07 Å². The molecule has 0 amide bonds. The molecular weight excluding hydrogens is 762 g/mol. The Balaban J connectivity index is 0.000000315. The van der Waals surface area contributed by atoms with Crippen molar-refractivity contribution in [3.8, 4) is 0 Å². The zero-order valence-corrected chi connectivity index (χ0v) is 35.3. The van der Waals surface area contributed by atoms with Crippen LogP contribution in [0.2, 0.25) is 0 Å². The maximum absolute atomic E-state index is 12.2. The number of nitro benzene ring substituents is 2. The van der Waals surface area contributed by atoms with Crippen molar-refractivity contribution < 1.29 is 20.1 Å². The quantitative estimate of drug-likeness (QED) is 0.0913. The minimum absolute atomic E-state index is 0.196. The summed E-state index contributed by atoms with van der Waals surface area (Å²) in [5, 5.41) is 43.2. The molecule has 0 saturated heterocycles. The molecule has 0 fully saturated rings. The van der Waals surface area contributed by atoms with Crippen LogP contribution in [-0.2, 0) is 22.0 Å². The molecule has 5 rings (SSSR count). The van der Waals surface area contributed by atoms with Crippen molar-refractivity contribution in [1.29, 1.82) is 0 Å². The molecule has 0 bridgehead atoms. The minimum Gasteiger partial charge on any atom is -0.385 e. The van der Waals surface area contributed by atoms with Gasteiger partial charge in [-0.2, -0.15) is 0 Å². The number of hydrogen-bond acceptors (Lipinski definition) is 6. The smallest absolute Gasteiger partial charge is 0.385 e. The highest BCUT2D eigenvalue weighted by atomic mass is 35.8. The third-order valence-electron chi connectivity index (χ3n) is 8.76. The Kier molecular flexibility index (Phi) is 17.4. The summed E-state index contributed by atoms with van der Waals surface area (Å²) >= 11 is -1.72. The third-order valence-corrected chi connectivity index (χ3v) is 8.76. The Labute approximate surface area is 335 Å². The Morgan fingerprint density at radius 2 is 0.667 bits per heavy atom. The van der Waals surface area contributed by atoms with Crippen molar-refractivity contribution in [3.63, 3.8) is 0 Å². The largest absolute Gasteiger partial charge is 0.643 e. The van der Waals surface area contributed by atoms with E-state index in [9.17, 15) is 30.4 Å². The lowest BCUT2D eigenvalue weighted by molar-refractivity contribution is -0.388. The zero-order valence-electron chi connectivity index (χ0n) is 31.8. The number of halogens is 3. The van der Waals surface area contributed by atoms with Crippen LogP contribution in [-0.4, -0.2) is 31.4 Å². The first-order valence-electron chi connectivity index (χ1n) is 17.1. The summed E-state index contributed by atoms with van der Waals surface area (Å²) < 4.78 is 0. The summed E-state index contributed by atoms with van der Waals surface area (Å²) in [6, 6.07) is 42.2. The normalized spacial score (nSPS) is 11.4. The van der Waals surface area contributed by atoms with E-state index in [0.717, 1.165) is 22.3 Å². The molecule has 54 heavy (non-hydrogen) atoms. The van der Waals surface area contributed by atoms with E-state index >= 15 is 0 Å². The molecule has 0 aromatic heterocycles. The van der Waals surface area contributed by atoms with Gasteiger partial charge in [-0.25, -0.2) is 30.1 Å². The molecular formula is C42H48AlCl3N2O6. The summed E-state index contributed by atoms with van der Waals surface area (Å²) in [5.41, 5.74) is 0.342. The van der Waals surface area contributed by atoms with Crippen LogP contribution in [0, 0.1) is 20.2 Å². The number of nitro groups is 2. The van der Waals surface area contributed by atoms with Gasteiger partial charge in [-0.05, 0) is 51.0 Å². The second kappa shape index (κ2) is 20.2. The lowest BCUT2D eigenvalue weighted by Gasteiger charge is -2.30. The van der Waals surface area contributed by atoms with Gasteiger partial charge in [-0.1, -0.05) is 149 Å². The summed E-state index contributed by atoms with van der Waals surface area (Å²) in [4.78, 5) is 22.5. The summed E-state index contributed by atoms with van der Waals surface area (Å²) in [7, 11) is 14.8. The molecule has 8 nitrogen and oxygen atoms in total. The fourth-order valence-corrected chi connectivity index (χ4v) is 5.88. The number of benzene rings is 5. The van der Waals surface area contributed by atoms with E-state index in [-0.39, 0.29) is 27.4 Å². The van der Waals surface area contributed by atoms with Gasteiger partial charge < -0.3 is 10.2 Å². The topological polar surface area (TPSA) is 127 Å². The van der Waals surface area contributed by atoms with E-state index < -0.39 is 38.3 Å². The fraction of sp³-hybridized carbons (Fsp3) is 0.286. The summed E-state index contributed by atoms with van der Waals surface area (Å²) in [5.74, 6) is 0. The first-order valence-corrected chi connectivity index (χ1v) is 22.3. The van der Waals surface area contributed by atoms with Crippen LogP contribution in [0.25, 0.3) is 0 Å². The van der Waals surface area contributed by atoms with Gasteiger partial charge in [0.05, 0.1) is 32.2 Å². The van der Waals surface area contributed by atoms with Crippen LogP contribution in [0.1, 0.15) is 88.8 Å². The van der Waals surface area contributed by atoms with Gasteiger partial charge in [0.1, 0.15) is 0 Å². The maximum atomic E-state index is 12.2. The highest BCUT2D eigenvalue weighted by Gasteiger charge is 2.38. The molecule has 286 valence electrons. The SMILES string of the molecule is CC(C)(O)c1cccc(C(C)(C)O)c1[N+](=O)[O-].CC(C)(c1ccccc1)c1cccc(C(C)(C)c2ccccc2)c1[N+](=O)[O-].[Cl][Al]([Cl])[Cl].c1ccccc1. The standard InChI is InChI=1S/C24H25NO2.C12H17NO4.C6H6.Al.3ClH/c1-23(2,18-12-7-5-8-13-18)20-16-11-17-21(22(20)25(26)27)24(3,4)19-14-9-6-10-15-19;1-11(2,14)8-6-5-7-9(12(3,4)15)10(8)13(16)17;1-2-4-6-5-3-1;;;;/h5-17H,1-4H3;5-7,14-15H,1-4H3;1-6H;;3*1H/q;;;+3;;;/p-3. The summed E-state index contributed by atoms with van der Waals surface area (Å²) in [6.45, 7) is 14.1. The van der Waals surface area contributed by atoms with Crippen molar-refractivity contribution in [2.45, 2.75) is 77.4 Å². The van der Waals surface area contributed by atoms with Gasteiger partial charge in [-0.3, -0.25) is 20.2 Å². The van der Waals surface area contributed by atoms with E-state index in [2.05, 4.69) is 0 Å². The van der Waals surface area contributed by atoms with Crippen LogP contribution < -0.4 is 0 Å². The van der Waals surface area contributed by atoms with Gasteiger partial charge in [-0.15, -0.1) is 0 Å². The van der Waals surface area contributed by atoms with Crippen LogP contribution in [0.5, 0.6) is 0 Å². The number of nitrogens with zero attached hydrogens (tertiary/aromatic N) is 2. The molecule has 0 spiro atoms. The predicted octanol–water partition coefficient (Wildman–Crippen LogP) is 11.7. The maximum Gasteiger partial charge on any atom is 0.643 e. The number of hydrogen-bond donors (Lipinski definition) is 2. The first-order chi connectivity index (χ1) is 25.0. The lowest BCUT2D eigenvalue weighted by Crippen LogP contribution is -2.25. The predicted molar refractivity (Wildman–Crippen MR) is 224 cm³/mol. The van der Waals surface area contributed by atoms with Crippen molar-refractivity contribution in [3.05, 3.63) is 187 Å². The number of para-hydroxylation sites is 2. The highest BCUT2D eigenvalue weighted by Crippen LogP contribution is 2.44. The minimum atomic E-state index is -1.72. The molecule has 12 heteroatoms. The van der Waals surface area contributed by atoms with E-state index in [4.69, 9.17) is 30.1 Å². The van der Waals surface area contributed by atoms with Crippen molar-refractivity contribution in [2.24, 2.45) is 0 Å². The second-order valence-electron chi connectivity index (χ2n) is 14.4. The number of rotatable bonds is 8. The van der Waals surface area contributed by atoms with Crippen LogP contribution in [0.3, 0.4) is 0 Å². The Morgan fingerprint density at radius 1 is 0.444 bits per heavy atom. The van der Waals surface area contributed by atoms with Gasteiger partial charge in [0.2, 0.25) is 0 Å². The highest BCUT2D eigenvalue weighted by molar-refractivity contribution is 7.54. The first kappa shape index (κ1) is 46.4. The Bertz CT molecular complexity index is 1800. The van der Waals surface area contributed by atoms with Crippen molar-refractivity contribution in [2.75, 3.05) is 0 Å². The van der Waals surface area contributed by atoms with Crippen molar-refractivity contribution in [1.82, 2.24) is 0 Å². The van der Waals surface area contributed by atoms with Crippen LogP contribution in [0.15, 0.2) is 133 Å². The molecule has 0 aliphatic carbocycles. The molecule has 0 atom stereocenters. The van der Waals surface area contributed by atoms with Gasteiger partial charge in [0.25, 0.3) is 11.4 Å². The van der Waals surface area contributed by atoms with E-state index in [0.29, 0.717) is 0 Å². The second-order valence-corrected chi connectivity index (χ2v) is 20.9. The monoisotopic (exact) mass is 808 g/mol. The Morgan fingerprint density at radius 3 is 0.907 bits per heavy atom. The fourth-order valence-electron chi connectivity index (χ4n) is 5.88.